The summed E-state index contributed by atoms with van der Waals surface area (Å²) in [4.78, 5) is 14.1. The number of fused-ring (bicyclic) bond motifs is 1. The Kier molecular flexibility index (Phi) is 7.26. The molecule has 0 bridgehead atoms. The number of hydrogen-bond acceptors (Lipinski definition) is 5. The summed E-state index contributed by atoms with van der Waals surface area (Å²) in [7, 11) is 1.81. The van der Waals surface area contributed by atoms with E-state index in [1.54, 1.807) is 6.07 Å². The number of carboxylic acids is 1. The van der Waals surface area contributed by atoms with Crippen LogP contribution in [0.5, 0.6) is 5.75 Å². The maximum absolute atomic E-state index is 13.6. The van der Waals surface area contributed by atoms with E-state index in [0.29, 0.717) is 37.7 Å². The fraction of sp³-hybridized carbons (Fsp3) is 0.321. The van der Waals surface area contributed by atoms with Crippen LogP contribution in [0, 0.1) is 19.7 Å². The molecule has 4 rings (SSSR count). The Hall–Kier alpha value is -3.58. The number of hydrogen-bond donors (Lipinski definition) is 3. The van der Waals surface area contributed by atoms with E-state index in [4.69, 9.17) is 10.5 Å². The van der Waals surface area contributed by atoms with Gasteiger partial charge in [0.1, 0.15) is 18.2 Å². The Labute approximate surface area is 205 Å². The van der Waals surface area contributed by atoms with E-state index in [1.165, 1.54) is 12.1 Å². The van der Waals surface area contributed by atoms with Crippen molar-refractivity contribution in [3.8, 4) is 5.75 Å². The van der Waals surface area contributed by atoms with Crippen molar-refractivity contribution in [2.75, 3.05) is 31.2 Å². The number of rotatable bonds is 7. The highest BCUT2D eigenvalue weighted by molar-refractivity contribution is 5.74. The van der Waals surface area contributed by atoms with Gasteiger partial charge in [-0.2, -0.15) is 0 Å². The van der Waals surface area contributed by atoms with Crippen molar-refractivity contribution in [2.45, 2.75) is 39.3 Å². The molecule has 4 N–H and O–H groups in total. The number of aliphatic carboxylic acids is 1. The minimum Gasteiger partial charge on any atom is -0.492 e. The van der Waals surface area contributed by atoms with Gasteiger partial charge in [-0.25, -0.2) is 4.39 Å². The van der Waals surface area contributed by atoms with Crippen LogP contribution >= 0.6 is 0 Å². The number of ether oxygens (including phenoxy) is 1. The minimum absolute atomic E-state index is 0.0296. The number of halogens is 1. The quantitative estimate of drug-likeness (QED) is 0.412. The van der Waals surface area contributed by atoms with Gasteiger partial charge >= 0.3 is 5.97 Å². The fourth-order valence-electron chi connectivity index (χ4n) is 4.78. The molecule has 0 radical (unpaired) electrons. The van der Waals surface area contributed by atoms with Gasteiger partial charge in [0.15, 0.2) is 0 Å². The number of nitrogen functional groups attached to an aromatic ring is 1. The molecule has 35 heavy (non-hydrogen) atoms. The summed E-state index contributed by atoms with van der Waals surface area (Å²) in [5.41, 5.74) is 13.8. The van der Waals surface area contributed by atoms with Crippen molar-refractivity contribution in [3.05, 3.63) is 87.7 Å². The van der Waals surface area contributed by atoms with Gasteiger partial charge in [0.25, 0.3) is 0 Å². The van der Waals surface area contributed by atoms with Crippen LogP contribution in [0.2, 0.25) is 0 Å². The van der Waals surface area contributed by atoms with Crippen molar-refractivity contribution in [2.24, 2.45) is 0 Å². The van der Waals surface area contributed by atoms with E-state index >= 15 is 0 Å². The molecule has 0 amide bonds. The molecule has 7 heteroatoms. The molecule has 0 fully saturated rings. The first-order chi connectivity index (χ1) is 16.8. The van der Waals surface area contributed by atoms with Gasteiger partial charge in [-0.3, -0.25) is 9.69 Å². The van der Waals surface area contributed by atoms with Gasteiger partial charge in [0, 0.05) is 44.2 Å². The smallest absolute Gasteiger partial charge is 0.304 e. The number of nitrogens with zero attached hydrogens (tertiary/aromatic N) is 1. The zero-order valence-corrected chi connectivity index (χ0v) is 20.4. The number of aryl methyl sites for hydroxylation is 1. The highest BCUT2D eigenvalue weighted by Gasteiger charge is 2.23. The number of carboxylic acid groups (broad SMARTS) is 1. The second kappa shape index (κ2) is 10.4. The number of anilines is 2. The highest BCUT2D eigenvalue weighted by Crippen LogP contribution is 2.36. The summed E-state index contributed by atoms with van der Waals surface area (Å²) in [5, 5.41) is 12.8. The molecular formula is C28H32FN3O3. The average molecular weight is 478 g/mol. The molecule has 1 aliphatic rings. The average Bonchev–Trinajstić information content (AvgIpc) is 3.02. The van der Waals surface area contributed by atoms with Gasteiger partial charge in [0.05, 0.1) is 17.8 Å². The molecule has 0 aliphatic carbocycles. The van der Waals surface area contributed by atoms with Crippen LogP contribution in [0.1, 0.15) is 45.7 Å². The third kappa shape index (κ3) is 5.41. The maximum atomic E-state index is 13.6. The second-order valence-electron chi connectivity index (χ2n) is 9.14. The van der Waals surface area contributed by atoms with E-state index in [2.05, 4.69) is 29.3 Å². The lowest BCUT2D eigenvalue weighted by Crippen LogP contribution is -2.25. The lowest BCUT2D eigenvalue weighted by molar-refractivity contribution is -0.137. The monoisotopic (exact) mass is 477 g/mol. The van der Waals surface area contributed by atoms with Crippen LogP contribution in [0.25, 0.3) is 0 Å². The van der Waals surface area contributed by atoms with E-state index in [1.807, 2.05) is 32.2 Å². The molecule has 184 valence electrons. The SMILES string of the molecule is CNc1ccc(C(CC(=O)O)c2ccc(C)c(CN3CCOc4cc(F)ccc4C3)c2)c(C)c1N. The lowest BCUT2D eigenvalue weighted by Gasteiger charge is -2.24. The lowest BCUT2D eigenvalue weighted by atomic mass is 9.84. The standard InChI is InChI=1S/C28H32FN3O3/c1-17-4-5-19(24(14-27(33)34)23-8-9-25(31-3)28(30)18(23)2)12-21(17)16-32-10-11-35-26-13-22(29)7-6-20(26)15-32/h4-9,12-13,24,31H,10-11,14-16,30H2,1-3H3,(H,33,34). The summed E-state index contributed by atoms with van der Waals surface area (Å²) in [5.74, 6) is -0.890. The molecule has 0 aromatic heterocycles. The Balaban J connectivity index is 1.65. The third-order valence-electron chi connectivity index (χ3n) is 6.84. The summed E-state index contributed by atoms with van der Waals surface area (Å²) in [6.07, 6.45) is -0.0296. The predicted molar refractivity (Wildman–Crippen MR) is 136 cm³/mol. The van der Waals surface area contributed by atoms with E-state index < -0.39 is 5.97 Å². The van der Waals surface area contributed by atoms with Crippen LogP contribution < -0.4 is 15.8 Å². The summed E-state index contributed by atoms with van der Waals surface area (Å²) >= 11 is 0. The number of carbonyl (C=O) groups is 1. The molecule has 3 aromatic carbocycles. The van der Waals surface area contributed by atoms with Crippen molar-refractivity contribution in [3.63, 3.8) is 0 Å². The molecule has 0 spiro atoms. The van der Waals surface area contributed by atoms with Gasteiger partial charge in [0.2, 0.25) is 0 Å². The van der Waals surface area contributed by atoms with Crippen LogP contribution in [-0.4, -0.2) is 36.2 Å². The summed E-state index contributed by atoms with van der Waals surface area (Å²) < 4.78 is 19.4. The van der Waals surface area contributed by atoms with Crippen LogP contribution in [0.15, 0.2) is 48.5 Å². The largest absolute Gasteiger partial charge is 0.492 e. The van der Waals surface area contributed by atoms with Crippen LogP contribution in [0.4, 0.5) is 15.8 Å². The Morgan fingerprint density at radius 2 is 2.00 bits per heavy atom. The normalized spacial score (nSPS) is 14.5. The maximum Gasteiger partial charge on any atom is 0.304 e. The number of nitrogens with one attached hydrogen (secondary N) is 1. The van der Waals surface area contributed by atoms with Gasteiger partial charge in [-0.05, 0) is 53.8 Å². The van der Waals surface area contributed by atoms with Crippen LogP contribution in [-0.2, 0) is 17.9 Å². The van der Waals surface area contributed by atoms with Crippen LogP contribution in [0.3, 0.4) is 0 Å². The highest BCUT2D eigenvalue weighted by atomic mass is 19.1. The number of nitrogens with two attached hydrogens (primary N) is 1. The molecule has 1 heterocycles. The van der Waals surface area contributed by atoms with E-state index in [9.17, 15) is 14.3 Å². The van der Waals surface area contributed by atoms with Gasteiger partial charge in [-0.15, -0.1) is 0 Å². The van der Waals surface area contributed by atoms with Crippen molar-refractivity contribution < 1.29 is 19.0 Å². The molecule has 1 atom stereocenters. The Bertz CT molecular complexity index is 1240. The summed E-state index contributed by atoms with van der Waals surface area (Å²) in [6.45, 7) is 6.52. The second-order valence-corrected chi connectivity index (χ2v) is 9.14. The van der Waals surface area contributed by atoms with Gasteiger partial charge < -0.3 is 20.9 Å². The molecule has 0 saturated carbocycles. The first kappa shape index (κ1) is 24.5. The molecule has 0 saturated heterocycles. The van der Waals surface area contributed by atoms with E-state index in [0.717, 1.165) is 39.1 Å². The fourth-order valence-corrected chi connectivity index (χ4v) is 4.78. The zero-order chi connectivity index (χ0) is 25.1. The minimum atomic E-state index is -0.860. The van der Waals surface area contributed by atoms with Crippen molar-refractivity contribution in [1.29, 1.82) is 0 Å². The third-order valence-corrected chi connectivity index (χ3v) is 6.84. The van der Waals surface area contributed by atoms with Crippen molar-refractivity contribution in [1.82, 2.24) is 4.90 Å². The molecule has 1 unspecified atom stereocenters. The molecular weight excluding hydrogens is 445 g/mol. The Morgan fingerprint density at radius 3 is 2.74 bits per heavy atom. The zero-order valence-electron chi connectivity index (χ0n) is 20.4. The molecule has 3 aromatic rings. The molecule has 1 aliphatic heterocycles. The summed E-state index contributed by atoms with van der Waals surface area (Å²) in [6, 6.07) is 14.7. The van der Waals surface area contributed by atoms with Crippen molar-refractivity contribution >= 4 is 17.3 Å². The molecule has 6 nitrogen and oxygen atoms in total. The van der Waals surface area contributed by atoms with E-state index in [-0.39, 0.29) is 18.2 Å². The topological polar surface area (TPSA) is 87.8 Å². The van der Waals surface area contributed by atoms with Gasteiger partial charge in [-0.1, -0.05) is 30.3 Å². The Morgan fingerprint density at radius 1 is 1.20 bits per heavy atom. The predicted octanol–water partition coefficient (Wildman–Crippen LogP) is 5.07. The number of benzene rings is 3. The first-order valence-electron chi connectivity index (χ1n) is 11.8. The first-order valence-corrected chi connectivity index (χ1v) is 11.8.